The van der Waals surface area contributed by atoms with Crippen molar-refractivity contribution >= 4 is 17.4 Å². The van der Waals surface area contributed by atoms with Crippen molar-refractivity contribution in [3.63, 3.8) is 0 Å². The summed E-state index contributed by atoms with van der Waals surface area (Å²) in [5.74, 6) is 0. The zero-order chi connectivity index (χ0) is 15.6. The molecule has 0 bridgehead atoms. The molecule has 0 aromatic carbocycles. The molecule has 5 nitrogen and oxygen atoms in total. The number of amides is 2. The zero-order valence-corrected chi connectivity index (χ0v) is 14.2. The molecule has 0 unspecified atom stereocenters. The molecule has 3 rings (SSSR count). The van der Waals surface area contributed by atoms with Gasteiger partial charge in [-0.1, -0.05) is 0 Å². The Bertz CT molecular complexity index is 505. The SMILES string of the molecule is CN(C)C(=O)N[C@H]1CCO[C@]2(CCN(Cc3ccsc3)C2)C1. The average molecular weight is 323 g/mol. The lowest BCUT2D eigenvalue weighted by Crippen LogP contribution is -2.51. The summed E-state index contributed by atoms with van der Waals surface area (Å²) in [7, 11) is 3.56. The summed E-state index contributed by atoms with van der Waals surface area (Å²) in [6.07, 6.45) is 2.89. The zero-order valence-electron chi connectivity index (χ0n) is 13.4. The van der Waals surface area contributed by atoms with E-state index in [1.54, 1.807) is 30.3 Å². The van der Waals surface area contributed by atoms with Gasteiger partial charge in [-0.25, -0.2) is 4.79 Å². The molecule has 6 heteroatoms. The van der Waals surface area contributed by atoms with Gasteiger partial charge in [-0.3, -0.25) is 4.90 Å². The van der Waals surface area contributed by atoms with Crippen LogP contribution in [0.25, 0.3) is 0 Å². The Morgan fingerprint density at radius 3 is 3.18 bits per heavy atom. The highest BCUT2D eigenvalue weighted by Crippen LogP contribution is 2.35. The van der Waals surface area contributed by atoms with Crippen molar-refractivity contribution in [1.82, 2.24) is 15.1 Å². The molecule has 3 heterocycles. The number of carbonyl (C=O) groups excluding carboxylic acids is 1. The standard InChI is InChI=1S/C16H25N3O2S/c1-18(2)15(20)17-14-3-7-21-16(9-14)5-6-19(12-16)10-13-4-8-22-11-13/h4,8,11,14H,3,5-7,9-10,12H2,1-2H3,(H,17,20)/t14-,16+/m0/s1. The maximum absolute atomic E-state index is 11.9. The van der Waals surface area contributed by atoms with E-state index in [-0.39, 0.29) is 17.7 Å². The number of hydrogen-bond acceptors (Lipinski definition) is 4. The third kappa shape index (κ3) is 3.62. The van der Waals surface area contributed by atoms with E-state index in [0.29, 0.717) is 0 Å². The van der Waals surface area contributed by atoms with Gasteiger partial charge in [0, 0.05) is 46.4 Å². The van der Waals surface area contributed by atoms with Crippen molar-refractivity contribution in [1.29, 1.82) is 0 Å². The molecule has 0 saturated carbocycles. The van der Waals surface area contributed by atoms with E-state index in [4.69, 9.17) is 4.74 Å². The van der Waals surface area contributed by atoms with Crippen LogP contribution >= 0.6 is 11.3 Å². The molecule has 1 N–H and O–H groups in total. The van der Waals surface area contributed by atoms with Crippen molar-refractivity contribution in [2.45, 2.75) is 37.5 Å². The van der Waals surface area contributed by atoms with Crippen LogP contribution in [0.2, 0.25) is 0 Å². The molecule has 2 amide bonds. The number of rotatable bonds is 3. The molecule has 1 aromatic rings. The summed E-state index contributed by atoms with van der Waals surface area (Å²) in [6, 6.07) is 2.41. The van der Waals surface area contributed by atoms with Crippen LogP contribution in [-0.4, -0.2) is 61.3 Å². The van der Waals surface area contributed by atoms with Gasteiger partial charge in [0.05, 0.1) is 5.60 Å². The van der Waals surface area contributed by atoms with Crippen LogP contribution in [0.4, 0.5) is 4.79 Å². The normalized spacial score (nSPS) is 28.9. The van der Waals surface area contributed by atoms with Crippen LogP contribution in [0.1, 0.15) is 24.8 Å². The summed E-state index contributed by atoms with van der Waals surface area (Å²) < 4.78 is 6.14. The van der Waals surface area contributed by atoms with Crippen molar-refractivity contribution < 1.29 is 9.53 Å². The topological polar surface area (TPSA) is 44.8 Å². The quantitative estimate of drug-likeness (QED) is 0.927. The fourth-order valence-electron chi connectivity index (χ4n) is 3.44. The van der Waals surface area contributed by atoms with Gasteiger partial charge in [0.1, 0.15) is 0 Å². The molecule has 0 radical (unpaired) electrons. The van der Waals surface area contributed by atoms with E-state index in [2.05, 4.69) is 27.0 Å². The Morgan fingerprint density at radius 1 is 1.59 bits per heavy atom. The third-order valence-corrected chi connectivity index (χ3v) is 5.34. The van der Waals surface area contributed by atoms with Crippen LogP contribution in [0.5, 0.6) is 0 Å². The molecule has 2 fully saturated rings. The Kier molecular flexibility index (Phi) is 4.70. The predicted octanol–water partition coefficient (Wildman–Crippen LogP) is 2.14. The second-order valence-electron chi connectivity index (χ2n) is 6.66. The lowest BCUT2D eigenvalue weighted by atomic mass is 9.89. The molecule has 1 spiro atoms. The molecule has 0 aliphatic carbocycles. The highest BCUT2D eigenvalue weighted by Gasteiger charge is 2.43. The van der Waals surface area contributed by atoms with E-state index in [0.717, 1.165) is 45.5 Å². The molecular formula is C16H25N3O2S. The van der Waals surface area contributed by atoms with Crippen LogP contribution in [0.15, 0.2) is 16.8 Å². The number of nitrogens with zero attached hydrogens (tertiary/aromatic N) is 2. The van der Waals surface area contributed by atoms with Crippen LogP contribution < -0.4 is 5.32 Å². The number of urea groups is 1. The summed E-state index contributed by atoms with van der Waals surface area (Å²) in [6.45, 7) is 3.79. The summed E-state index contributed by atoms with van der Waals surface area (Å²) >= 11 is 1.75. The maximum atomic E-state index is 11.9. The van der Waals surface area contributed by atoms with Crippen LogP contribution in [0.3, 0.4) is 0 Å². The van der Waals surface area contributed by atoms with Crippen molar-refractivity contribution in [3.05, 3.63) is 22.4 Å². The highest BCUT2D eigenvalue weighted by molar-refractivity contribution is 7.07. The molecule has 122 valence electrons. The fourth-order valence-corrected chi connectivity index (χ4v) is 4.10. The van der Waals surface area contributed by atoms with Gasteiger partial charge < -0.3 is 15.0 Å². The summed E-state index contributed by atoms with van der Waals surface area (Å²) in [5.41, 5.74) is 1.31. The van der Waals surface area contributed by atoms with E-state index in [1.165, 1.54) is 5.56 Å². The van der Waals surface area contributed by atoms with Gasteiger partial charge in [0.25, 0.3) is 0 Å². The molecule has 2 aliphatic heterocycles. The molecule has 2 atom stereocenters. The largest absolute Gasteiger partial charge is 0.373 e. The van der Waals surface area contributed by atoms with Gasteiger partial charge in [-0.2, -0.15) is 11.3 Å². The number of hydrogen-bond donors (Lipinski definition) is 1. The number of ether oxygens (including phenoxy) is 1. The van der Waals surface area contributed by atoms with Gasteiger partial charge in [0.2, 0.25) is 0 Å². The first-order valence-electron chi connectivity index (χ1n) is 7.92. The Morgan fingerprint density at radius 2 is 2.45 bits per heavy atom. The number of carbonyl (C=O) groups is 1. The molecular weight excluding hydrogens is 298 g/mol. The Labute approximate surface area is 136 Å². The number of nitrogens with one attached hydrogen (secondary N) is 1. The van der Waals surface area contributed by atoms with E-state index in [1.807, 2.05) is 0 Å². The van der Waals surface area contributed by atoms with Gasteiger partial charge in [-0.15, -0.1) is 0 Å². The molecule has 2 saturated heterocycles. The average Bonchev–Trinajstić information content (AvgIpc) is 3.10. The first-order chi connectivity index (χ1) is 10.6. The Balaban J connectivity index is 1.56. The fraction of sp³-hybridized carbons (Fsp3) is 0.688. The second kappa shape index (κ2) is 6.56. The van der Waals surface area contributed by atoms with E-state index < -0.39 is 0 Å². The second-order valence-corrected chi connectivity index (χ2v) is 7.44. The smallest absolute Gasteiger partial charge is 0.317 e. The number of likely N-dealkylation sites (tertiary alicyclic amines) is 1. The first-order valence-corrected chi connectivity index (χ1v) is 8.86. The van der Waals surface area contributed by atoms with Gasteiger partial charge >= 0.3 is 6.03 Å². The van der Waals surface area contributed by atoms with E-state index in [9.17, 15) is 4.79 Å². The van der Waals surface area contributed by atoms with Crippen molar-refractivity contribution in [3.8, 4) is 0 Å². The summed E-state index contributed by atoms with van der Waals surface area (Å²) in [5, 5.41) is 7.47. The maximum Gasteiger partial charge on any atom is 0.317 e. The minimum Gasteiger partial charge on any atom is -0.373 e. The van der Waals surface area contributed by atoms with Gasteiger partial charge in [-0.05, 0) is 41.7 Å². The van der Waals surface area contributed by atoms with Gasteiger partial charge in [0.15, 0.2) is 0 Å². The summed E-state index contributed by atoms with van der Waals surface area (Å²) in [4.78, 5) is 15.9. The van der Waals surface area contributed by atoms with Crippen molar-refractivity contribution in [2.24, 2.45) is 0 Å². The lowest BCUT2D eigenvalue weighted by molar-refractivity contribution is -0.0792. The molecule has 2 aliphatic rings. The first kappa shape index (κ1) is 15.8. The predicted molar refractivity (Wildman–Crippen MR) is 88.1 cm³/mol. The van der Waals surface area contributed by atoms with E-state index >= 15 is 0 Å². The molecule has 22 heavy (non-hydrogen) atoms. The third-order valence-electron chi connectivity index (χ3n) is 4.61. The monoisotopic (exact) mass is 323 g/mol. The van der Waals surface area contributed by atoms with Crippen LogP contribution in [0, 0.1) is 0 Å². The van der Waals surface area contributed by atoms with Crippen molar-refractivity contribution in [2.75, 3.05) is 33.8 Å². The Hall–Kier alpha value is -1.11. The molecule has 1 aromatic heterocycles. The van der Waals surface area contributed by atoms with Crippen LogP contribution in [-0.2, 0) is 11.3 Å². The minimum atomic E-state index is -0.0709. The lowest BCUT2D eigenvalue weighted by Gasteiger charge is -2.38. The minimum absolute atomic E-state index is 0.00447. The number of thiophene rings is 1. The highest BCUT2D eigenvalue weighted by atomic mass is 32.1.